The van der Waals surface area contributed by atoms with Gasteiger partial charge in [-0.15, -0.1) is 0 Å². The summed E-state index contributed by atoms with van der Waals surface area (Å²) in [5.74, 6) is 0.0326. The van der Waals surface area contributed by atoms with Crippen LogP contribution in [0.25, 0.3) is 0 Å². The minimum Gasteiger partial charge on any atom is -0.465 e. The van der Waals surface area contributed by atoms with Gasteiger partial charge in [-0.25, -0.2) is 0 Å². The summed E-state index contributed by atoms with van der Waals surface area (Å²) in [5.41, 5.74) is 0. The number of cyclic esters (lactones) is 1. The Morgan fingerprint density at radius 2 is 1.52 bits per heavy atom. The van der Waals surface area contributed by atoms with Crippen molar-refractivity contribution < 1.29 is 14.0 Å². The molecule has 132 valence electrons. The van der Waals surface area contributed by atoms with Crippen LogP contribution >= 0.6 is 0 Å². The van der Waals surface area contributed by atoms with Crippen molar-refractivity contribution >= 4 is 24.7 Å². The van der Waals surface area contributed by atoms with Gasteiger partial charge in [-0.05, 0) is 15.4 Å². The molecule has 25 heavy (non-hydrogen) atoms. The lowest BCUT2D eigenvalue weighted by Gasteiger charge is -2.43. The number of rotatable bonds is 5. The second-order valence-electron chi connectivity index (χ2n) is 7.73. The highest BCUT2D eigenvalue weighted by molar-refractivity contribution is 6.99. The minimum atomic E-state index is -2.51. The van der Waals surface area contributed by atoms with Gasteiger partial charge in [0, 0.05) is 12.5 Å². The Morgan fingerprint density at radius 1 is 1.00 bits per heavy atom. The van der Waals surface area contributed by atoms with Crippen molar-refractivity contribution in [3.63, 3.8) is 0 Å². The van der Waals surface area contributed by atoms with E-state index in [0.29, 0.717) is 19.6 Å². The van der Waals surface area contributed by atoms with Crippen molar-refractivity contribution in [2.24, 2.45) is 5.92 Å². The van der Waals surface area contributed by atoms with Crippen molar-refractivity contribution in [3.05, 3.63) is 60.7 Å². The lowest BCUT2D eigenvalue weighted by molar-refractivity contribution is -0.137. The van der Waals surface area contributed by atoms with E-state index in [1.165, 1.54) is 10.4 Å². The zero-order valence-electron chi connectivity index (χ0n) is 15.2. The summed E-state index contributed by atoms with van der Waals surface area (Å²) in [6.07, 6.45) is 0.457. The first-order valence-electron chi connectivity index (χ1n) is 8.84. The van der Waals surface area contributed by atoms with E-state index in [0.717, 1.165) is 0 Å². The molecular weight excluding hydrogens is 328 g/mol. The Labute approximate surface area is 151 Å². The van der Waals surface area contributed by atoms with E-state index in [9.17, 15) is 4.79 Å². The van der Waals surface area contributed by atoms with Crippen LogP contribution in [0.1, 0.15) is 27.2 Å². The summed E-state index contributed by atoms with van der Waals surface area (Å²) in [5, 5.41) is 2.48. The first-order chi connectivity index (χ1) is 11.9. The third-order valence-corrected chi connectivity index (χ3v) is 9.89. The van der Waals surface area contributed by atoms with Gasteiger partial charge in [-0.3, -0.25) is 4.79 Å². The molecule has 0 aromatic heterocycles. The lowest BCUT2D eigenvalue weighted by atomic mass is 10.1. The number of benzene rings is 2. The Hall–Kier alpha value is -1.91. The predicted octanol–water partition coefficient (Wildman–Crippen LogP) is 3.13. The molecule has 2 aromatic rings. The summed E-state index contributed by atoms with van der Waals surface area (Å²) in [6, 6.07) is 21.1. The average molecular weight is 355 g/mol. The minimum absolute atomic E-state index is 0.0425. The van der Waals surface area contributed by atoms with Crippen LogP contribution in [0.15, 0.2) is 60.7 Å². The molecule has 2 aromatic carbocycles. The van der Waals surface area contributed by atoms with Gasteiger partial charge in [-0.1, -0.05) is 81.4 Å². The molecule has 1 unspecified atom stereocenters. The highest BCUT2D eigenvalue weighted by atomic mass is 28.4. The van der Waals surface area contributed by atoms with E-state index < -0.39 is 8.32 Å². The zero-order chi connectivity index (χ0) is 17.9. The van der Waals surface area contributed by atoms with E-state index in [1.54, 1.807) is 0 Å². The maximum absolute atomic E-state index is 11.4. The SMILES string of the molecule is CC(C)(C)[Si](OCC1COC(=O)C1)(c1ccccc1)c1ccccc1. The Kier molecular flexibility index (Phi) is 5.11. The molecule has 3 nitrogen and oxygen atoms in total. The highest BCUT2D eigenvalue weighted by Crippen LogP contribution is 2.37. The van der Waals surface area contributed by atoms with Crippen molar-refractivity contribution in [2.45, 2.75) is 32.2 Å². The molecule has 0 radical (unpaired) electrons. The third kappa shape index (κ3) is 3.55. The standard InChI is InChI=1S/C21H26O3Si/c1-21(2,3)25(18-10-6-4-7-11-18,19-12-8-5-9-13-19)24-16-17-14-20(22)23-15-17/h4-13,17H,14-16H2,1-3H3. The van der Waals surface area contributed by atoms with Crippen LogP contribution in [-0.2, 0) is 14.0 Å². The molecule has 1 aliphatic rings. The molecule has 1 saturated heterocycles. The van der Waals surface area contributed by atoms with E-state index in [4.69, 9.17) is 9.16 Å². The van der Waals surface area contributed by atoms with Crippen LogP contribution in [0, 0.1) is 5.92 Å². The van der Waals surface area contributed by atoms with Crippen molar-refractivity contribution in [1.82, 2.24) is 0 Å². The fourth-order valence-electron chi connectivity index (χ4n) is 3.68. The predicted molar refractivity (Wildman–Crippen MR) is 103 cm³/mol. The normalized spacial score (nSPS) is 18.2. The van der Waals surface area contributed by atoms with Crippen LogP contribution in [0.5, 0.6) is 0 Å². The number of hydrogen-bond acceptors (Lipinski definition) is 3. The molecule has 3 rings (SSSR count). The van der Waals surface area contributed by atoms with Gasteiger partial charge in [0.2, 0.25) is 0 Å². The second kappa shape index (κ2) is 7.14. The van der Waals surface area contributed by atoms with Crippen LogP contribution in [-0.4, -0.2) is 27.5 Å². The van der Waals surface area contributed by atoms with Gasteiger partial charge in [-0.2, -0.15) is 0 Å². The Balaban J connectivity index is 2.04. The van der Waals surface area contributed by atoms with E-state index in [2.05, 4.69) is 69.3 Å². The number of carbonyl (C=O) groups is 1. The number of esters is 1. The molecule has 0 N–H and O–H groups in total. The lowest BCUT2D eigenvalue weighted by Crippen LogP contribution is -2.66. The summed E-state index contributed by atoms with van der Waals surface area (Å²) in [7, 11) is -2.51. The topological polar surface area (TPSA) is 35.5 Å². The number of ether oxygens (including phenoxy) is 1. The largest absolute Gasteiger partial charge is 0.465 e. The smallest absolute Gasteiger partial charge is 0.306 e. The molecule has 0 bridgehead atoms. The van der Waals surface area contributed by atoms with Crippen molar-refractivity contribution in [1.29, 1.82) is 0 Å². The molecule has 0 aliphatic carbocycles. The fourth-order valence-corrected chi connectivity index (χ4v) is 8.32. The molecule has 1 fully saturated rings. The summed E-state index contributed by atoms with van der Waals surface area (Å²) in [6.45, 7) is 7.80. The quantitative estimate of drug-likeness (QED) is 0.611. The Morgan fingerprint density at radius 3 is 1.92 bits per heavy atom. The summed E-state index contributed by atoms with van der Waals surface area (Å²) < 4.78 is 11.9. The first kappa shape index (κ1) is 17.9. The van der Waals surface area contributed by atoms with Gasteiger partial charge < -0.3 is 9.16 Å². The van der Waals surface area contributed by atoms with Crippen LogP contribution in [0.4, 0.5) is 0 Å². The zero-order valence-corrected chi connectivity index (χ0v) is 16.2. The molecule has 0 amide bonds. The number of hydrogen-bond donors (Lipinski definition) is 0. The molecule has 1 atom stereocenters. The van der Waals surface area contributed by atoms with Crippen LogP contribution in [0.2, 0.25) is 5.04 Å². The van der Waals surface area contributed by atoms with Crippen LogP contribution in [0.3, 0.4) is 0 Å². The molecule has 0 spiro atoms. The maximum atomic E-state index is 11.4. The van der Waals surface area contributed by atoms with E-state index >= 15 is 0 Å². The molecule has 1 aliphatic heterocycles. The van der Waals surface area contributed by atoms with Crippen molar-refractivity contribution in [3.8, 4) is 0 Å². The second-order valence-corrected chi connectivity index (χ2v) is 12.0. The highest BCUT2D eigenvalue weighted by Gasteiger charge is 2.50. The Bertz CT molecular complexity index is 667. The molecular formula is C21H26O3Si. The fraction of sp³-hybridized carbons (Fsp3) is 0.381. The van der Waals surface area contributed by atoms with E-state index in [-0.39, 0.29) is 16.9 Å². The summed E-state index contributed by atoms with van der Waals surface area (Å²) in [4.78, 5) is 11.4. The summed E-state index contributed by atoms with van der Waals surface area (Å²) >= 11 is 0. The maximum Gasteiger partial charge on any atom is 0.306 e. The average Bonchev–Trinajstić information content (AvgIpc) is 3.02. The van der Waals surface area contributed by atoms with Gasteiger partial charge in [0.05, 0.1) is 13.0 Å². The van der Waals surface area contributed by atoms with Gasteiger partial charge >= 0.3 is 5.97 Å². The van der Waals surface area contributed by atoms with E-state index in [1.807, 2.05) is 12.1 Å². The third-order valence-electron chi connectivity index (χ3n) is 4.89. The first-order valence-corrected chi connectivity index (χ1v) is 10.7. The number of carbonyl (C=O) groups excluding carboxylic acids is 1. The van der Waals surface area contributed by atoms with Gasteiger partial charge in [0.1, 0.15) is 0 Å². The van der Waals surface area contributed by atoms with Crippen LogP contribution < -0.4 is 10.4 Å². The monoisotopic (exact) mass is 354 g/mol. The molecule has 0 saturated carbocycles. The molecule has 4 heteroatoms. The van der Waals surface area contributed by atoms with Crippen molar-refractivity contribution in [2.75, 3.05) is 13.2 Å². The molecule has 1 heterocycles. The van der Waals surface area contributed by atoms with Gasteiger partial charge in [0.25, 0.3) is 8.32 Å². The van der Waals surface area contributed by atoms with Gasteiger partial charge in [0.15, 0.2) is 0 Å².